The third-order valence-corrected chi connectivity index (χ3v) is 11.9. The third kappa shape index (κ3) is 8.71. The normalized spacial score (nSPS) is 12.4. The van der Waals surface area contributed by atoms with E-state index < -0.39 is 0 Å². The van der Waals surface area contributed by atoms with Crippen molar-refractivity contribution in [3.8, 4) is 17.0 Å². The molecule has 0 aliphatic heterocycles. The van der Waals surface area contributed by atoms with Crippen LogP contribution in [0.15, 0.2) is 88.9 Å². The molecule has 0 saturated heterocycles. The molecular weight excluding hydrogens is 736 g/mol. The summed E-state index contributed by atoms with van der Waals surface area (Å²) >= 11 is 3.25. The molecular formula is C41H41FN8O3S2. The number of benzene rings is 2. The molecule has 0 radical (unpaired) electrons. The van der Waals surface area contributed by atoms with E-state index in [1.54, 1.807) is 48.2 Å². The lowest BCUT2D eigenvalue weighted by atomic mass is 9.92. The second-order valence-corrected chi connectivity index (χ2v) is 16.9. The lowest BCUT2D eigenvalue weighted by Crippen LogP contribution is -2.25. The molecule has 0 spiro atoms. The average Bonchev–Trinajstić information content (AvgIpc) is 3.94. The monoisotopic (exact) mass is 776 g/mol. The van der Waals surface area contributed by atoms with Gasteiger partial charge in [0.1, 0.15) is 51.2 Å². The molecule has 5 aromatic heterocycles. The van der Waals surface area contributed by atoms with Crippen LogP contribution in [-0.4, -0.2) is 56.8 Å². The van der Waals surface area contributed by atoms with Gasteiger partial charge in [-0.2, -0.15) is 0 Å². The van der Waals surface area contributed by atoms with Crippen molar-refractivity contribution < 1.29 is 18.4 Å². The van der Waals surface area contributed by atoms with Crippen molar-refractivity contribution in [3.05, 3.63) is 106 Å². The Hall–Kier alpha value is -5.60. The molecule has 0 aliphatic rings. The largest absolute Gasteiger partial charge is 0.493 e. The van der Waals surface area contributed by atoms with Gasteiger partial charge in [0.05, 0.1) is 36.9 Å². The van der Waals surface area contributed by atoms with Gasteiger partial charge in [-0.05, 0) is 71.6 Å². The maximum atomic E-state index is 13.3. The van der Waals surface area contributed by atoms with Crippen molar-refractivity contribution in [2.24, 2.45) is 4.99 Å². The zero-order chi connectivity index (χ0) is 38.7. The fourth-order valence-electron chi connectivity index (χ4n) is 5.84. The molecule has 14 heteroatoms. The molecule has 2 N–H and O–H groups in total. The quantitative estimate of drug-likeness (QED) is 0.103. The van der Waals surface area contributed by atoms with Crippen molar-refractivity contribution in [1.82, 2.24) is 25.1 Å². The Labute approximate surface area is 326 Å². The highest BCUT2D eigenvalue weighted by atomic mass is 32.1. The molecule has 7 aromatic rings. The van der Waals surface area contributed by atoms with Crippen LogP contribution in [0.4, 0.5) is 16.0 Å². The number of ketones is 1. The number of hydrogen-bond donors (Lipinski definition) is 2. The second-order valence-electron chi connectivity index (χ2n) is 14.8. The lowest BCUT2D eigenvalue weighted by Gasteiger charge is -2.23. The molecule has 11 nitrogen and oxygen atoms in total. The summed E-state index contributed by atoms with van der Waals surface area (Å²) in [5.41, 5.74) is 2.63. The molecule has 282 valence electrons. The zero-order valence-corrected chi connectivity index (χ0v) is 33.1. The Morgan fingerprint density at radius 2 is 1.47 bits per heavy atom. The number of thiophene rings is 2. The summed E-state index contributed by atoms with van der Waals surface area (Å²) in [4.78, 5) is 39.4. The van der Waals surface area contributed by atoms with Crippen LogP contribution >= 0.6 is 22.7 Å². The number of fused-ring (bicyclic) bond motifs is 2. The van der Waals surface area contributed by atoms with Crippen LogP contribution < -0.4 is 15.4 Å². The van der Waals surface area contributed by atoms with Gasteiger partial charge in [-0.15, -0.1) is 22.7 Å². The Morgan fingerprint density at radius 1 is 0.836 bits per heavy atom. The number of Topliss-reactive ketones (excluding diaryl/α,β-unsaturated/α-hetero) is 1. The number of carbonyl (C=O) groups is 1. The molecule has 0 saturated carbocycles. The van der Waals surface area contributed by atoms with Crippen LogP contribution in [-0.2, 0) is 22.2 Å². The number of nitrogens with one attached hydrogen (secondary N) is 2. The summed E-state index contributed by atoms with van der Waals surface area (Å²) < 4.78 is 25.1. The number of carbonyl (C=O) groups excluding carboxylic acids is 1. The van der Waals surface area contributed by atoms with Crippen LogP contribution in [0.5, 0.6) is 5.75 Å². The Balaban J connectivity index is 0.939. The van der Waals surface area contributed by atoms with E-state index >= 15 is 0 Å². The number of aromatic nitrogens is 5. The van der Waals surface area contributed by atoms with Crippen molar-refractivity contribution in [1.29, 1.82) is 0 Å². The number of halogens is 1. The summed E-state index contributed by atoms with van der Waals surface area (Å²) in [6.45, 7) is 11.7. The van der Waals surface area contributed by atoms with E-state index in [0.717, 1.165) is 36.4 Å². The van der Waals surface area contributed by atoms with Gasteiger partial charge in [0.25, 0.3) is 0 Å². The first-order chi connectivity index (χ1) is 26.4. The fourth-order valence-corrected chi connectivity index (χ4v) is 7.98. The SMILES string of the molecule is CN=C(CC(=O)CNc1ncnc2sc(C(C)(C)C)cc12)c1ccc(OCC(C)(C)c2cc3c(NCc4cc(-c5ccc(F)cc5)no4)ncnc3s2)cc1. The first kappa shape index (κ1) is 37.7. The Morgan fingerprint density at radius 3 is 2.13 bits per heavy atom. The number of anilines is 2. The second kappa shape index (κ2) is 15.6. The molecule has 0 bridgehead atoms. The van der Waals surface area contributed by atoms with E-state index in [1.165, 1.54) is 23.3 Å². The van der Waals surface area contributed by atoms with E-state index in [-0.39, 0.29) is 35.4 Å². The minimum Gasteiger partial charge on any atom is -0.493 e. The van der Waals surface area contributed by atoms with Crippen LogP contribution in [0.2, 0.25) is 0 Å². The molecule has 2 aromatic carbocycles. The Kier molecular flexibility index (Phi) is 10.7. The standard InChI is InChI=1S/C41H41FN8O3S2/c1-40(2,3)34-17-30-36(46-22-48-38(30)54-34)44-19-27(51)15-32(43-6)24-9-13-28(14-10-24)52-21-41(4,5)35-18-31-37(47-23-49-39(31)55-35)45-20-29-16-33(50-53-29)25-7-11-26(42)12-8-25/h7-14,16-18,22-23H,15,19-21H2,1-6H3,(H,44,46,48)(H,45,47,49). The molecule has 55 heavy (non-hydrogen) atoms. The van der Waals surface area contributed by atoms with Gasteiger partial charge in [-0.1, -0.05) is 39.8 Å². The van der Waals surface area contributed by atoms with Crippen LogP contribution in [0, 0.1) is 5.82 Å². The average molecular weight is 777 g/mol. The Bertz CT molecular complexity index is 2480. The van der Waals surface area contributed by atoms with Crippen molar-refractivity contribution in [2.45, 2.75) is 58.4 Å². The molecule has 0 amide bonds. The van der Waals surface area contributed by atoms with E-state index in [4.69, 9.17) is 9.26 Å². The number of aliphatic imine (C=N–C) groups is 1. The van der Waals surface area contributed by atoms with Crippen molar-refractivity contribution in [2.75, 3.05) is 30.8 Å². The molecule has 0 atom stereocenters. The maximum Gasteiger partial charge on any atom is 0.157 e. The smallest absolute Gasteiger partial charge is 0.157 e. The topological polar surface area (TPSA) is 140 Å². The van der Waals surface area contributed by atoms with Crippen LogP contribution in [0.1, 0.15) is 62.1 Å². The van der Waals surface area contributed by atoms with E-state index in [9.17, 15) is 9.18 Å². The maximum absolute atomic E-state index is 13.3. The summed E-state index contributed by atoms with van der Waals surface area (Å²) in [7, 11) is 1.70. The number of ether oxygens (including phenoxy) is 1. The predicted octanol–water partition coefficient (Wildman–Crippen LogP) is 9.25. The minimum absolute atomic E-state index is 0.000991. The lowest BCUT2D eigenvalue weighted by molar-refractivity contribution is -0.116. The number of nitrogens with zero attached hydrogens (tertiary/aromatic N) is 6. The molecule has 7 rings (SSSR count). The zero-order valence-electron chi connectivity index (χ0n) is 31.4. The first-order valence-electron chi connectivity index (χ1n) is 17.8. The third-order valence-electron chi connectivity index (χ3n) is 9.07. The van der Waals surface area contributed by atoms with Crippen molar-refractivity contribution >= 4 is 66.2 Å². The number of rotatable bonds is 14. The molecule has 0 aliphatic carbocycles. The fraction of sp³-hybridized carbons (Fsp3) is 0.293. The highest BCUT2D eigenvalue weighted by Crippen LogP contribution is 2.37. The van der Waals surface area contributed by atoms with Gasteiger partial charge in [0.15, 0.2) is 11.5 Å². The van der Waals surface area contributed by atoms with Gasteiger partial charge >= 0.3 is 0 Å². The summed E-state index contributed by atoms with van der Waals surface area (Å²) in [5.74, 6) is 2.38. The molecule has 5 heterocycles. The summed E-state index contributed by atoms with van der Waals surface area (Å²) in [5, 5.41) is 12.5. The van der Waals surface area contributed by atoms with Gasteiger partial charge in [-0.25, -0.2) is 24.3 Å². The van der Waals surface area contributed by atoms with Gasteiger partial charge in [0.2, 0.25) is 0 Å². The number of hydrogen-bond acceptors (Lipinski definition) is 13. The van der Waals surface area contributed by atoms with E-state index in [1.807, 2.05) is 30.3 Å². The van der Waals surface area contributed by atoms with E-state index in [2.05, 4.69) is 87.5 Å². The molecule has 0 unspecified atom stereocenters. The van der Waals surface area contributed by atoms with Gasteiger partial charge < -0.3 is 19.9 Å². The summed E-state index contributed by atoms with van der Waals surface area (Å²) in [6, 6.07) is 19.8. The van der Waals surface area contributed by atoms with Gasteiger partial charge in [-0.3, -0.25) is 9.79 Å². The highest BCUT2D eigenvalue weighted by molar-refractivity contribution is 7.19. The summed E-state index contributed by atoms with van der Waals surface area (Å²) in [6.07, 6.45) is 3.26. The highest BCUT2D eigenvalue weighted by Gasteiger charge is 2.26. The van der Waals surface area contributed by atoms with Crippen molar-refractivity contribution in [3.63, 3.8) is 0 Å². The van der Waals surface area contributed by atoms with E-state index in [0.29, 0.717) is 47.7 Å². The predicted molar refractivity (Wildman–Crippen MR) is 218 cm³/mol. The minimum atomic E-state index is -0.335. The van der Waals surface area contributed by atoms with Crippen LogP contribution in [0.3, 0.4) is 0 Å². The first-order valence-corrected chi connectivity index (χ1v) is 19.4. The van der Waals surface area contributed by atoms with Crippen LogP contribution in [0.25, 0.3) is 31.7 Å². The van der Waals surface area contributed by atoms with Gasteiger partial charge in [0, 0.05) is 39.6 Å². The molecule has 0 fully saturated rings.